The zero-order valence-corrected chi connectivity index (χ0v) is 16.7. The van der Waals surface area contributed by atoms with Crippen LogP contribution in [0.1, 0.15) is 54.4 Å². The van der Waals surface area contributed by atoms with Gasteiger partial charge in [-0.05, 0) is 55.9 Å². The molecule has 0 saturated heterocycles. The van der Waals surface area contributed by atoms with Crippen LogP contribution >= 0.6 is 0 Å². The fourth-order valence-corrected chi connectivity index (χ4v) is 4.43. The first-order valence-electron chi connectivity index (χ1n) is 9.94. The molecule has 1 heterocycles. The maximum Gasteiger partial charge on any atom is 0.328 e. The second kappa shape index (κ2) is 7.33. The van der Waals surface area contributed by atoms with Crippen LogP contribution in [0.3, 0.4) is 0 Å². The Morgan fingerprint density at radius 3 is 2.55 bits per heavy atom. The molecule has 1 unspecified atom stereocenters. The number of methoxy groups -OCH3 is 2. The molecule has 2 aliphatic carbocycles. The van der Waals surface area contributed by atoms with Gasteiger partial charge in [0.05, 0.1) is 19.8 Å². The van der Waals surface area contributed by atoms with E-state index in [4.69, 9.17) is 15.2 Å². The van der Waals surface area contributed by atoms with Crippen LogP contribution in [0.5, 0.6) is 5.75 Å². The summed E-state index contributed by atoms with van der Waals surface area (Å²) < 4.78 is 15.6. The highest BCUT2D eigenvalue weighted by Crippen LogP contribution is 2.58. The van der Waals surface area contributed by atoms with Crippen LogP contribution < -0.4 is 10.5 Å². The molecular formula is C21H26N2O6. The second-order valence-corrected chi connectivity index (χ2v) is 8.04. The van der Waals surface area contributed by atoms with Crippen LogP contribution in [-0.4, -0.2) is 55.2 Å². The Balaban J connectivity index is 1.60. The van der Waals surface area contributed by atoms with Crippen molar-refractivity contribution in [2.45, 2.75) is 62.3 Å². The van der Waals surface area contributed by atoms with Crippen molar-refractivity contribution in [1.82, 2.24) is 4.90 Å². The normalized spacial score (nSPS) is 24.5. The van der Waals surface area contributed by atoms with Gasteiger partial charge < -0.3 is 24.8 Å². The lowest BCUT2D eigenvalue weighted by molar-refractivity contribution is -0.148. The first-order chi connectivity index (χ1) is 13.9. The number of esters is 2. The van der Waals surface area contributed by atoms with Crippen LogP contribution in [-0.2, 0) is 24.6 Å². The SMILES string of the molecule is COC(=O)CCC(C(=O)OC)N1C(=O)c2ccc(O[C@H]3C[C@H](N)C3)cc2C12CC2. The van der Waals surface area contributed by atoms with E-state index in [0.29, 0.717) is 11.3 Å². The lowest BCUT2D eigenvalue weighted by atomic mass is 9.90. The first-order valence-corrected chi connectivity index (χ1v) is 9.94. The van der Waals surface area contributed by atoms with E-state index in [1.165, 1.54) is 14.2 Å². The van der Waals surface area contributed by atoms with Crippen molar-refractivity contribution >= 4 is 17.8 Å². The van der Waals surface area contributed by atoms with Gasteiger partial charge in [0.25, 0.3) is 5.91 Å². The van der Waals surface area contributed by atoms with Crippen LogP contribution in [0.2, 0.25) is 0 Å². The van der Waals surface area contributed by atoms with Gasteiger partial charge in [0, 0.05) is 18.0 Å². The van der Waals surface area contributed by atoms with Gasteiger partial charge in [-0.1, -0.05) is 0 Å². The van der Waals surface area contributed by atoms with Gasteiger partial charge in [0.15, 0.2) is 0 Å². The van der Waals surface area contributed by atoms with E-state index >= 15 is 0 Å². The monoisotopic (exact) mass is 402 g/mol. The van der Waals surface area contributed by atoms with E-state index in [2.05, 4.69) is 4.74 Å². The number of carbonyl (C=O) groups excluding carboxylic acids is 3. The molecule has 1 atom stereocenters. The van der Waals surface area contributed by atoms with Crippen molar-refractivity contribution in [1.29, 1.82) is 0 Å². The number of fused-ring (bicyclic) bond motifs is 2. The Morgan fingerprint density at radius 2 is 1.97 bits per heavy atom. The predicted octanol–water partition coefficient (Wildman–Crippen LogP) is 1.49. The van der Waals surface area contributed by atoms with Gasteiger partial charge >= 0.3 is 11.9 Å². The molecule has 29 heavy (non-hydrogen) atoms. The van der Waals surface area contributed by atoms with E-state index in [0.717, 1.165) is 31.2 Å². The second-order valence-electron chi connectivity index (χ2n) is 8.04. The molecule has 2 N–H and O–H groups in total. The van der Waals surface area contributed by atoms with Gasteiger partial charge in [-0.2, -0.15) is 0 Å². The molecule has 0 aromatic heterocycles. The number of benzene rings is 1. The summed E-state index contributed by atoms with van der Waals surface area (Å²) in [6.07, 6.45) is 3.46. The van der Waals surface area contributed by atoms with Gasteiger partial charge in [0.2, 0.25) is 0 Å². The number of hydrogen-bond donors (Lipinski definition) is 1. The highest BCUT2D eigenvalue weighted by molar-refractivity contribution is 6.03. The predicted molar refractivity (Wildman–Crippen MR) is 102 cm³/mol. The Hall–Kier alpha value is -2.61. The van der Waals surface area contributed by atoms with Crippen LogP contribution in [0.15, 0.2) is 18.2 Å². The molecule has 2 saturated carbocycles. The average molecular weight is 402 g/mol. The molecule has 0 bridgehead atoms. The standard InChI is InChI=1S/C21H26N2O6/c1-27-18(24)6-5-17(20(26)28-2)23-19(25)15-4-3-13(29-14-9-12(22)10-14)11-16(15)21(23)7-8-21/h3-4,11-12,14,17H,5-10,22H2,1-2H3/t12-,14-,17?. The van der Waals surface area contributed by atoms with Gasteiger partial charge in [-0.3, -0.25) is 9.59 Å². The Morgan fingerprint density at radius 1 is 1.24 bits per heavy atom. The molecule has 4 rings (SSSR count). The fraction of sp³-hybridized carbons (Fsp3) is 0.571. The summed E-state index contributed by atoms with van der Waals surface area (Å²) in [5.74, 6) is -0.454. The topological polar surface area (TPSA) is 108 Å². The Kier molecular flexibility index (Phi) is 4.98. The number of ether oxygens (including phenoxy) is 3. The van der Waals surface area contributed by atoms with Crippen LogP contribution in [0.4, 0.5) is 0 Å². The summed E-state index contributed by atoms with van der Waals surface area (Å²) in [6, 6.07) is 4.83. The first kappa shape index (κ1) is 19.7. The molecule has 0 radical (unpaired) electrons. The molecule has 1 aliphatic heterocycles. The van der Waals surface area contributed by atoms with Crippen molar-refractivity contribution in [3.63, 3.8) is 0 Å². The largest absolute Gasteiger partial charge is 0.490 e. The molecule has 1 aromatic rings. The van der Waals surface area contributed by atoms with E-state index in [1.54, 1.807) is 17.0 Å². The zero-order valence-electron chi connectivity index (χ0n) is 16.7. The highest BCUT2D eigenvalue weighted by Gasteiger charge is 2.61. The molecule has 3 aliphatic rings. The quantitative estimate of drug-likeness (QED) is 0.689. The third kappa shape index (κ3) is 3.35. The highest BCUT2D eigenvalue weighted by atomic mass is 16.5. The van der Waals surface area contributed by atoms with E-state index in [-0.39, 0.29) is 30.9 Å². The van der Waals surface area contributed by atoms with Crippen LogP contribution in [0, 0.1) is 0 Å². The van der Waals surface area contributed by atoms with E-state index in [9.17, 15) is 14.4 Å². The summed E-state index contributed by atoms with van der Waals surface area (Å²) in [4.78, 5) is 38.9. The van der Waals surface area contributed by atoms with Crippen molar-refractivity contribution < 1.29 is 28.6 Å². The number of amides is 1. The third-order valence-electron chi connectivity index (χ3n) is 6.19. The molecule has 156 valence electrons. The average Bonchev–Trinajstić information content (AvgIpc) is 3.45. The maximum absolute atomic E-state index is 13.2. The molecule has 1 amide bonds. The summed E-state index contributed by atoms with van der Waals surface area (Å²) in [5.41, 5.74) is 6.76. The summed E-state index contributed by atoms with van der Waals surface area (Å²) in [5, 5.41) is 0. The van der Waals surface area contributed by atoms with Crippen molar-refractivity contribution in [2.24, 2.45) is 5.73 Å². The lowest BCUT2D eigenvalue weighted by Crippen LogP contribution is -2.47. The van der Waals surface area contributed by atoms with Crippen molar-refractivity contribution in [3.8, 4) is 5.75 Å². The van der Waals surface area contributed by atoms with Gasteiger partial charge in [-0.15, -0.1) is 0 Å². The summed E-state index contributed by atoms with van der Waals surface area (Å²) in [6.45, 7) is 0. The van der Waals surface area contributed by atoms with Gasteiger partial charge in [0.1, 0.15) is 17.9 Å². The number of nitrogens with two attached hydrogens (primary N) is 1. The molecule has 1 spiro atoms. The van der Waals surface area contributed by atoms with E-state index < -0.39 is 23.5 Å². The van der Waals surface area contributed by atoms with E-state index in [1.807, 2.05) is 6.07 Å². The number of hydrogen-bond acceptors (Lipinski definition) is 7. The summed E-state index contributed by atoms with van der Waals surface area (Å²) in [7, 11) is 2.58. The van der Waals surface area contributed by atoms with Crippen molar-refractivity contribution in [3.05, 3.63) is 29.3 Å². The zero-order chi connectivity index (χ0) is 20.8. The molecule has 8 nitrogen and oxygen atoms in total. The molecule has 2 fully saturated rings. The minimum atomic E-state index is -0.838. The lowest BCUT2D eigenvalue weighted by Gasteiger charge is -2.33. The number of carbonyl (C=O) groups is 3. The number of nitrogens with zero attached hydrogens (tertiary/aromatic N) is 1. The van der Waals surface area contributed by atoms with Gasteiger partial charge in [-0.25, -0.2) is 4.79 Å². The third-order valence-corrected chi connectivity index (χ3v) is 6.19. The molecular weight excluding hydrogens is 376 g/mol. The van der Waals surface area contributed by atoms with Crippen LogP contribution in [0.25, 0.3) is 0 Å². The number of rotatable bonds is 7. The fourth-order valence-electron chi connectivity index (χ4n) is 4.43. The maximum atomic E-state index is 13.2. The smallest absolute Gasteiger partial charge is 0.328 e. The Labute approximate surface area is 169 Å². The summed E-state index contributed by atoms with van der Waals surface area (Å²) >= 11 is 0. The minimum Gasteiger partial charge on any atom is -0.490 e. The molecule has 8 heteroatoms. The minimum absolute atomic E-state index is 0.0305. The Bertz CT molecular complexity index is 844. The molecule has 1 aromatic carbocycles. The van der Waals surface area contributed by atoms with Crippen molar-refractivity contribution in [2.75, 3.05) is 14.2 Å².